The van der Waals surface area contributed by atoms with Crippen LogP contribution in [-0.4, -0.2) is 14.9 Å². The first-order valence-corrected chi connectivity index (χ1v) is 6.85. The van der Waals surface area contributed by atoms with Crippen LogP contribution < -0.4 is 5.32 Å². The molecule has 1 N–H and O–H groups in total. The zero-order chi connectivity index (χ0) is 15.6. The summed E-state index contributed by atoms with van der Waals surface area (Å²) in [6.07, 6.45) is 0. The van der Waals surface area contributed by atoms with Crippen LogP contribution in [0.2, 0.25) is 0 Å². The largest absolute Gasteiger partial charge is 0.360 e. The van der Waals surface area contributed by atoms with Crippen LogP contribution in [0.15, 0.2) is 22.7 Å². The quantitative estimate of drug-likeness (QED) is 0.671. The smallest absolute Gasteiger partial charge is 0.332 e. The normalized spacial score (nSPS) is 10.5. The molecule has 1 aromatic carbocycles. The maximum absolute atomic E-state index is 13.4. The van der Waals surface area contributed by atoms with Gasteiger partial charge in [0, 0.05) is 6.54 Å². The van der Waals surface area contributed by atoms with Crippen LogP contribution >= 0.6 is 15.9 Å². The van der Waals surface area contributed by atoms with Crippen molar-refractivity contribution in [2.24, 2.45) is 0 Å². The minimum atomic E-state index is -0.529. The lowest BCUT2D eigenvalue weighted by atomic mass is 10.2. The number of rotatable bonds is 4. The van der Waals surface area contributed by atoms with Crippen molar-refractivity contribution in [1.29, 1.82) is 0 Å². The van der Waals surface area contributed by atoms with Gasteiger partial charge in [0.05, 0.1) is 9.40 Å². The predicted molar refractivity (Wildman–Crippen MR) is 79.6 cm³/mol. The van der Waals surface area contributed by atoms with E-state index in [1.54, 1.807) is 26.0 Å². The van der Waals surface area contributed by atoms with Gasteiger partial charge in [-0.25, -0.2) is 14.4 Å². The zero-order valence-electron chi connectivity index (χ0n) is 11.4. The lowest BCUT2D eigenvalue weighted by Gasteiger charge is -2.09. The van der Waals surface area contributed by atoms with E-state index in [-0.39, 0.29) is 29.6 Å². The molecule has 0 atom stereocenters. The SMILES string of the molecule is Cc1nc(C)c([N+](=O)[O-])c(NCc2ccc(Br)c(F)c2)n1. The van der Waals surface area contributed by atoms with Crippen LogP contribution in [0, 0.1) is 29.8 Å². The first-order valence-electron chi connectivity index (χ1n) is 6.06. The van der Waals surface area contributed by atoms with Crippen molar-refractivity contribution in [2.75, 3.05) is 5.32 Å². The second-order valence-corrected chi connectivity index (χ2v) is 5.27. The molecule has 0 saturated heterocycles. The van der Waals surface area contributed by atoms with Gasteiger partial charge in [-0.1, -0.05) is 6.07 Å². The molecule has 0 amide bonds. The molecule has 8 heteroatoms. The number of nitro groups is 1. The van der Waals surface area contributed by atoms with E-state index >= 15 is 0 Å². The molecule has 0 fully saturated rings. The Balaban J connectivity index is 2.27. The maximum atomic E-state index is 13.4. The molecular formula is C13H12BrFN4O2. The van der Waals surface area contributed by atoms with E-state index in [2.05, 4.69) is 31.2 Å². The van der Waals surface area contributed by atoms with E-state index in [0.29, 0.717) is 15.9 Å². The van der Waals surface area contributed by atoms with Crippen LogP contribution in [0.1, 0.15) is 17.1 Å². The predicted octanol–water partition coefficient (Wildman–Crippen LogP) is 3.52. The molecular weight excluding hydrogens is 343 g/mol. The minimum absolute atomic E-state index is 0.133. The molecule has 1 aromatic heterocycles. The molecule has 0 aliphatic carbocycles. The molecule has 110 valence electrons. The summed E-state index contributed by atoms with van der Waals surface area (Å²) in [5.74, 6) is 0.176. The third-order valence-electron chi connectivity index (χ3n) is 2.80. The summed E-state index contributed by atoms with van der Waals surface area (Å²) < 4.78 is 13.8. The van der Waals surface area contributed by atoms with Crippen molar-refractivity contribution in [3.8, 4) is 0 Å². The third-order valence-corrected chi connectivity index (χ3v) is 3.44. The Bertz CT molecular complexity index is 709. The Labute approximate surface area is 128 Å². The Kier molecular flexibility index (Phi) is 4.46. The van der Waals surface area contributed by atoms with Crippen molar-refractivity contribution in [2.45, 2.75) is 20.4 Å². The van der Waals surface area contributed by atoms with Crippen molar-refractivity contribution < 1.29 is 9.31 Å². The molecule has 2 aromatic rings. The number of hydrogen-bond acceptors (Lipinski definition) is 5. The van der Waals surface area contributed by atoms with Gasteiger partial charge in [-0.15, -0.1) is 0 Å². The summed E-state index contributed by atoms with van der Waals surface area (Å²) in [4.78, 5) is 18.6. The summed E-state index contributed by atoms with van der Waals surface area (Å²) >= 11 is 3.07. The summed E-state index contributed by atoms with van der Waals surface area (Å²) in [6, 6.07) is 4.65. The number of halogens is 2. The maximum Gasteiger partial charge on any atom is 0.332 e. The average molecular weight is 355 g/mol. The first kappa shape index (κ1) is 15.3. The molecule has 0 bridgehead atoms. The van der Waals surface area contributed by atoms with Gasteiger partial charge in [-0.05, 0) is 47.5 Å². The Morgan fingerprint density at radius 2 is 2.10 bits per heavy atom. The molecule has 0 spiro atoms. The zero-order valence-corrected chi connectivity index (χ0v) is 12.9. The van der Waals surface area contributed by atoms with Crippen molar-refractivity contribution in [3.05, 3.63) is 55.7 Å². The standard InChI is InChI=1S/C13H12BrFN4O2/c1-7-12(19(20)21)13(18-8(2)17-7)16-6-9-3-4-10(14)11(15)5-9/h3-5H,6H2,1-2H3,(H,16,17,18). The fourth-order valence-corrected chi connectivity index (χ4v) is 2.13. The molecule has 6 nitrogen and oxygen atoms in total. The number of benzene rings is 1. The highest BCUT2D eigenvalue weighted by Gasteiger charge is 2.20. The van der Waals surface area contributed by atoms with Crippen LogP contribution in [0.4, 0.5) is 15.9 Å². The molecule has 0 aliphatic heterocycles. The minimum Gasteiger partial charge on any atom is -0.360 e. The van der Waals surface area contributed by atoms with E-state index in [1.165, 1.54) is 6.07 Å². The van der Waals surface area contributed by atoms with Gasteiger partial charge in [0.15, 0.2) is 0 Å². The average Bonchev–Trinajstić information content (AvgIpc) is 2.38. The van der Waals surface area contributed by atoms with E-state index < -0.39 is 4.92 Å². The molecule has 21 heavy (non-hydrogen) atoms. The van der Waals surface area contributed by atoms with Gasteiger partial charge >= 0.3 is 5.69 Å². The van der Waals surface area contributed by atoms with E-state index in [9.17, 15) is 14.5 Å². The van der Waals surface area contributed by atoms with Gasteiger partial charge in [0.1, 0.15) is 17.3 Å². The van der Waals surface area contributed by atoms with Crippen LogP contribution in [0.5, 0.6) is 0 Å². The third kappa shape index (κ3) is 3.52. The van der Waals surface area contributed by atoms with Gasteiger partial charge < -0.3 is 5.32 Å². The van der Waals surface area contributed by atoms with Crippen molar-refractivity contribution in [3.63, 3.8) is 0 Å². The molecule has 1 heterocycles. The lowest BCUT2D eigenvalue weighted by molar-refractivity contribution is -0.385. The van der Waals surface area contributed by atoms with Gasteiger partial charge in [0.25, 0.3) is 0 Å². The van der Waals surface area contributed by atoms with Gasteiger partial charge in [-0.3, -0.25) is 10.1 Å². The van der Waals surface area contributed by atoms with Crippen LogP contribution in [0.3, 0.4) is 0 Å². The second kappa shape index (κ2) is 6.13. The van der Waals surface area contributed by atoms with E-state index in [4.69, 9.17) is 0 Å². The Morgan fingerprint density at radius 3 is 2.71 bits per heavy atom. The first-order chi connectivity index (χ1) is 9.88. The van der Waals surface area contributed by atoms with E-state index in [1.807, 2.05) is 0 Å². The number of nitrogens with one attached hydrogen (secondary N) is 1. The molecule has 0 aliphatic rings. The highest BCUT2D eigenvalue weighted by Crippen LogP contribution is 2.25. The van der Waals surface area contributed by atoms with Crippen LogP contribution in [0.25, 0.3) is 0 Å². The summed E-state index contributed by atoms with van der Waals surface area (Å²) in [5.41, 5.74) is 0.772. The fraction of sp³-hybridized carbons (Fsp3) is 0.231. The van der Waals surface area contributed by atoms with Crippen molar-refractivity contribution >= 4 is 27.4 Å². The Morgan fingerprint density at radius 1 is 1.38 bits per heavy atom. The fourth-order valence-electron chi connectivity index (χ4n) is 1.88. The van der Waals surface area contributed by atoms with Crippen molar-refractivity contribution in [1.82, 2.24) is 9.97 Å². The number of aryl methyl sites for hydroxylation is 2. The van der Waals surface area contributed by atoms with E-state index in [0.717, 1.165) is 0 Å². The summed E-state index contributed by atoms with van der Waals surface area (Å²) in [6.45, 7) is 3.43. The summed E-state index contributed by atoms with van der Waals surface area (Å²) in [7, 11) is 0. The summed E-state index contributed by atoms with van der Waals surface area (Å²) in [5, 5.41) is 13.9. The number of aromatic nitrogens is 2. The number of hydrogen-bond donors (Lipinski definition) is 1. The second-order valence-electron chi connectivity index (χ2n) is 4.41. The number of anilines is 1. The number of nitrogens with zero attached hydrogens (tertiary/aromatic N) is 3. The topological polar surface area (TPSA) is 81.0 Å². The molecule has 0 unspecified atom stereocenters. The molecule has 0 radical (unpaired) electrons. The molecule has 2 rings (SSSR count). The monoisotopic (exact) mass is 354 g/mol. The Hall–Kier alpha value is -2.09. The van der Waals surface area contributed by atoms with Crippen LogP contribution in [-0.2, 0) is 6.54 Å². The highest BCUT2D eigenvalue weighted by molar-refractivity contribution is 9.10. The molecule has 0 saturated carbocycles. The van der Waals surface area contributed by atoms with Gasteiger partial charge in [-0.2, -0.15) is 0 Å². The lowest BCUT2D eigenvalue weighted by Crippen LogP contribution is -2.08. The van der Waals surface area contributed by atoms with Gasteiger partial charge in [0.2, 0.25) is 5.82 Å². The highest BCUT2D eigenvalue weighted by atomic mass is 79.9.